The third kappa shape index (κ3) is 2.86. The summed E-state index contributed by atoms with van der Waals surface area (Å²) in [7, 11) is 0. The minimum absolute atomic E-state index is 0.133. The Morgan fingerprint density at radius 2 is 2.30 bits per heavy atom. The molecule has 0 atom stereocenters. The van der Waals surface area contributed by atoms with Gasteiger partial charge in [0.05, 0.1) is 17.5 Å². The number of nitrogens with zero attached hydrogens (tertiary/aromatic N) is 2. The lowest BCUT2D eigenvalue weighted by molar-refractivity contribution is -0.113. The molecule has 0 aliphatic carbocycles. The molecule has 0 amide bonds. The van der Waals surface area contributed by atoms with Crippen molar-refractivity contribution in [1.82, 2.24) is 9.97 Å². The number of nitrogens with one attached hydrogen (secondary N) is 2. The van der Waals surface area contributed by atoms with Gasteiger partial charge in [-0.2, -0.15) is 5.26 Å². The van der Waals surface area contributed by atoms with E-state index in [9.17, 15) is 4.79 Å². The maximum absolute atomic E-state index is 11.3. The highest BCUT2D eigenvalue weighted by Crippen LogP contribution is 2.22. The first-order valence-electron chi connectivity index (χ1n) is 6.37. The van der Waals surface area contributed by atoms with Crippen molar-refractivity contribution in [3.63, 3.8) is 0 Å². The average molecular weight is 268 g/mol. The fraction of sp³-hybridized carbons (Fsp3) is 0.267. The number of fused-ring (bicyclic) bond motifs is 1. The molecule has 0 saturated carbocycles. The van der Waals surface area contributed by atoms with Crippen molar-refractivity contribution in [3.05, 3.63) is 29.6 Å². The molecule has 102 valence electrons. The summed E-state index contributed by atoms with van der Waals surface area (Å²) >= 11 is 0. The van der Waals surface area contributed by atoms with E-state index in [4.69, 9.17) is 5.26 Å². The van der Waals surface area contributed by atoms with E-state index in [0.717, 1.165) is 22.3 Å². The molecule has 2 rings (SSSR count). The number of allylic oxidation sites excluding steroid dienone is 1. The maximum atomic E-state index is 11.3. The van der Waals surface area contributed by atoms with E-state index in [2.05, 4.69) is 15.3 Å². The molecule has 0 unspecified atom stereocenters. The van der Waals surface area contributed by atoms with E-state index in [1.165, 1.54) is 6.92 Å². The summed E-state index contributed by atoms with van der Waals surface area (Å²) in [6.07, 6.45) is 5.08. The zero-order valence-corrected chi connectivity index (χ0v) is 11.7. The molecule has 0 saturated heterocycles. The summed E-state index contributed by atoms with van der Waals surface area (Å²) in [4.78, 5) is 18.7. The van der Waals surface area contributed by atoms with Gasteiger partial charge in [0.15, 0.2) is 5.78 Å². The number of anilines is 1. The highest BCUT2D eigenvalue weighted by atomic mass is 16.1. The fourth-order valence-corrected chi connectivity index (χ4v) is 1.92. The highest BCUT2D eigenvalue weighted by molar-refractivity contribution is 6.03. The second kappa shape index (κ2) is 5.57. The third-order valence-corrected chi connectivity index (χ3v) is 2.82. The van der Waals surface area contributed by atoms with Crippen molar-refractivity contribution in [1.29, 1.82) is 5.26 Å². The van der Waals surface area contributed by atoms with E-state index in [-0.39, 0.29) is 11.4 Å². The lowest BCUT2D eigenvalue weighted by atomic mass is 10.1. The topological polar surface area (TPSA) is 81.6 Å². The molecule has 2 heterocycles. The van der Waals surface area contributed by atoms with Gasteiger partial charge in [-0.1, -0.05) is 0 Å². The number of nitriles is 1. The van der Waals surface area contributed by atoms with Crippen LogP contribution in [0.2, 0.25) is 0 Å². The predicted octanol–water partition coefficient (Wildman–Crippen LogP) is 2.88. The van der Waals surface area contributed by atoms with Gasteiger partial charge >= 0.3 is 0 Å². The number of hydrogen-bond donors (Lipinski definition) is 2. The molecule has 20 heavy (non-hydrogen) atoms. The molecule has 2 aromatic rings. The summed E-state index contributed by atoms with van der Waals surface area (Å²) in [5, 5.41) is 13.1. The number of rotatable bonds is 4. The quantitative estimate of drug-likeness (QED) is 0.660. The second-order valence-electron chi connectivity index (χ2n) is 4.89. The van der Waals surface area contributed by atoms with Gasteiger partial charge in [0.1, 0.15) is 11.7 Å². The summed E-state index contributed by atoms with van der Waals surface area (Å²) in [5.74, 6) is -0.244. The molecule has 2 N–H and O–H groups in total. The highest BCUT2D eigenvalue weighted by Gasteiger charge is 2.08. The Bertz CT molecular complexity index is 719. The van der Waals surface area contributed by atoms with Crippen molar-refractivity contribution in [3.8, 4) is 6.07 Å². The van der Waals surface area contributed by atoms with Crippen molar-refractivity contribution in [2.75, 3.05) is 5.32 Å². The number of Topliss-reactive ketones (excluding diaryl/α,β-unsaturated/α-hetero) is 1. The Balaban J connectivity index is 2.50. The van der Waals surface area contributed by atoms with E-state index in [1.54, 1.807) is 18.5 Å². The zero-order chi connectivity index (χ0) is 14.7. The summed E-state index contributed by atoms with van der Waals surface area (Å²) < 4.78 is 0. The van der Waals surface area contributed by atoms with Crippen LogP contribution in [0.5, 0.6) is 0 Å². The Kier molecular flexibility index (Phi) is 3.85. The Hall–Kier alpha value is -2.61. The largest absolute Gasteiger partial charge is 0.382 e. The lowest BCUT2D eigenvalue weighted by Crippen LogP contribution is -2.09. The van der Waals surface area contributed by atoms with Crippen molar-refractivity contribution in [2.24, 2.45) is 0 Å². The van der Waals surface area contributed by atoms with Gasteiger partial charge in [-0.3, -0.25) is 4.79 Å². The first-order chi connectivity index (χ1) is 9.51. The number of aromatic amines is 1. The van der Waals surface area contributed by atoms with Crippen LogP contribution in [0.3, 0.4) is 0 Å². The number of aromatic nitrogens is 2. The van der Waals surface area contributed by atoms with Crippen LogP contribution in [0.1, 0.15) is 26.3 Å². The van der Waals surface area contributed by atoms with Gasteiger partial charge in [-0.25, -0.2) is 4.98 Å². The minimum Gasteiger partial charge on any atom is -0.382 e. The Morgan fingerprint density at radius 3 is 2.90 bits per heavy atom. The van der Waals surface area contributed by atoms with Gasteiger partial charge in [0.25, 0.3) is 0 Å². The van der Waals surface area contributed by atoms with Crippen LogP contribution in [0.4, 0.5) is 5.69 Å². The van der Waals surface area contributed by atoms with Crippen LogP contribution in [-0.2, 0) is 4.79 Å². The van der Waals surface area contributed by atoms with E-state index >= 15 is 0 Å². The van der Waals surface area contributed by atoms with Crippen LogP contribution in [0, 0.1) is 11.3 Å². The molecular formula is C15H16N4O. The van der Waals surface area contributed by atoms with E-state index < -0.39 is 0 Å². The molecule has 0 aliphatic rings. The number of hydrogen-bond acceptors (Lipinski definition) is 4. The van der Waals surface area contributed by atoms with E-state index in [1.807, 2.05) is 26.0 Å². The number of pyridine rings is 1. The molecule has 0 aliphatic heterocycles. The Morgan fingerprint density at radius 1 is 1.55 bits per heavy atom. The maximum Gasteiger partial charge on any atom is 0.170 e. The van der Waals surface area contributed by atoms with E-state index in [0.29, 0.717) is 6.04 Å². The molecule has 0 fully saturated rings. The standard InChI is InChI=1S/C15H16N4O/c1-9(2)19-13-5-14-12(4-11(6-16)10(3)20)7-17-15(14)18-8-13/h4-5,7-9,19H,1-3H3,(H,17,18)/b11-4+. The van der Waals surface area contributed by atoms with Crippen LogP contribution in [0.15, 0.2) is 24.0 Å². The first-order valence-corrected chi connectivity index (χ1v) is 6.37. The number of ketones is 1. The summed E-state index contributed by atoms with van der Waals surface area (Å²) in [6.45, 7) is 5.48. The molecule has 2 aromatic heterocycles. The average Bonchev–Trinajstić information content (AvgIpc) is 2.77. The van der Waals surface area contributed by atoms with Gasteiger partial charge in [-0.15, -0.1) is 0 Å². The van der Waals surface area contributed by atoms with Crippen molar-refractivity contribution < 1.29 is 4.79 Å². The molecule has 0 radical (unpaired) electrons. The summed E-state index contributed by atoms with van der Waals surface area (Å²) in [5.41, 5.74) is 2.55. The summed E-state index contributed by atoms with van der Waals surface area (Å²) in [6, 6.07) is 4.18. The number of carbonyl (C=O) groups excluding carboxylic acids is 1. The SMILES string of the molecule is CC(=O)/C(C#N)=C/c1c[nH]c2ncc(NC(C)C)cc12. The monoisotopic (exact) mass is 268 g/mol. The molecule has 5 nitrogen and oxygen atoms in total. The predicted molar refractivity (Wildman–Crippen MR) is 79.1 cm³/mol. The van der Waals surface area contributed by atoms with Gasteiger partial charge in [0, 0.05) is 23.2 Å². The minimum atomic E-state index is -0.244. The third-order valence-electron chi connectivity index (χ3n) is 2.82. The van der Waals surface area contributed by atoms with Crippen molar-refractivity contribution >= 4 is 28.6 Å². The lowest BCUT2D eigenvalue weighted by Gasteiger charge is -2.09. The number of H-pyrrole nitrogens is 1. The molecule has 0 aromatic carbocycles. The molecule has 5 heteroatoms. The van der Waals surface area contributed by atoms with Crippen LogP contribution >= 0.6 is 0 Å². The molecular weight excluding hydrogens is 252 g/mol. The second-order valence-corrected chi connectivity index (χ2v) is 4.89. The smallest absolute Gasteiger partial charge is 0.170 e. The van der Waals surface area contributed by atoms with Crippen LogP contribution < -0.4 is 5.32 Å². The van der Waals surface area contributed by atoms with Crippen LogP contribution in [0.25, 0.3) is 17.1 Å². The van der Waals surface area contributed by atoms with Gasteiger partial charge in [-0.05, 0) is 32.9 Å². The zero-order valence-electron chi connectivity index (χ0n) is 11.7. The van der Waals surface area contributed by atoms with Crippen LogP contribution in [-0.4, -0.2) is 21.8 Å². The normalized spacial score (nSPS) is 11.7. The molecule has 0 spiro atoms. The van der Waals surface area contributed by atoms with Gasteiger partial charge < -0.3 is 10.3 Å². The Labute approximate surface area is 117 Å². The molecule has 0 bridgehead atoms. The number of carbonyl (C=O) groups is 1. The fourth-order valence-electron chi connectivity index (χ4n) is 1.92. The van der Waals surface area contributed by atoms with Gasteiger partial charge in [0.2, 0.25) is 0 Å². The van der Waals surface area contributed by atoms with Crippen molar-refractivity contribution in [2.45, 2.75) is 26.8 Å². The first kappa shape index (κ1) is 13.8.